The number of rotatable bonds is 0. The second-order valence-electron chi connectivity index (χ2n) is 2.83. The zero-order chi connectivity index (χ0) is 13.5. The van der Waals surface area contributed by atoms with Gasteiger partial charge in [0, 0.05) is 12.4 Å². The summed E-state index contributed by atoms with van der Waals surface area (Å²) >= 11 is 0. The molecule has 2 aromatic rings. The van der Waals surface area contributed by atoms with Crippen molar-refractivity contribution in [2.24, 2.45) is 0 Å². The number of aryl methyl sites for hydroxylation is 2. The minimum atomic E-state index is 0.968. The maximum atomic E-state index is 3.86. The molecule has 0 radical (unpaired) electrons. The molecule has 2 nitrogen and oxygen atoms in total. The predicted molar refractivity (Wildman–Crippen MR) is 77.2 cm³/mol. The van der Waals surface area contributed by atoms with Gasteiger partial charge in [0.25, 0.3) is 0 Å². The zero-order valence-electron chi connectivity index (χ0n) is 12.0. The third kappa shape index (κ3) is 12.4. The van der Waals surface area contributed by atoms with Gasteiger partial charge in [-0.3, -0.25) is 0 Å². The van der Waals surface area contributed by atoms with Crippen LogP contribution < -0.4 is 0 Å². The van der Waals surface area contributed by atoms with Crippen molar-refractivity contribution in [2.45, 2.75) is 41.5 Å². The summed E-state index contributed by atoms with van der Waals surface area (Å²) in [5.74, 6) is 0.968. The van der Waals surface area contributed by atoms with E-state index in [1.807, 2.05) is 52.8 Å². The molecule has 2 rings (SSSR count). The number of imidazole rings is 1. The van der Waals surface area contributed by atoms with Gasteiger partial charge in [0.1, 0.15) is 5.82 Å². The Labute approximate surface area is 106 Å². The van der Waals surface area contributed by atoms with Gasteiger partial charge in [-0.1, -0.05) is 63.6 Å². The Morgan fingerprint density at radius 2 is 1.41 bits per heavy atom. The molecule has 0 spiro atoms. The standard InChI is InChI=1S/C7H8.C4H6N2.2C2H6/c1-7-5-3-2-4-6-7;1-4-5-2-3-6-4;2*1-2/h2-6H,1H3;2-3H,1H3,(H,5,6);2*1-2H3. The van der Waals surface area contributed by atoms with Crippen LogP contribution in [-0.4, -0.2) is 9.97 Å². The third-order valence-corrected chi connectivity index (χ3v) is 1.58. The Bertz CT molecular complexity index is 312. The minimum absolute atomic E-state index is 0.968. The van der Waals surface area contributed by atoms with Crippen molar-refractivity contribution in [2.75, 3.05) is 0 Å². The first-order valence-electron chi connectivity index (χ1n) is 6.26. The molecule has 0 fully saturated rings. The normalized spacial score (nSPS) is 7.41. The Kier molecular flexibility index (Phi) is 15.1. The number of H-pyrrole nitrogens is 1. The topological polar surface area (TPSA) is 28.7 Å². The fourth-order valence-electron chi connectivity index (χ4n) is 0.879. The van der Waals surface area contributed by atoms with Crippen LogP contribution in [0.15, 0.2) is 42.7 Å². The molecular formula is C15H26N2. The lowest BCUT2D eigenvalue weighted by molar-refractivity contribution is 1.15. The van der Waals surface area contributed by atoms with E-state index in [0.717, 1.165) is 5.82 Å². The molecule has 0 atom stereocenters. The Morgan fingerprint density at radius 1 is 0.882 bits per heavy atom. The van der Waals surface area contributed by atoms with E-state index in [9.17, 15) is 0 Å². The molecule has 0 amide bonds. The lowest BCUT2D eigenvalue weighted by Crippen LogP contribution is -1.66. The van der Waals surface area contributed by atoms with E-state index >= 15 is 0 Å². The lowest BCUT2D eigenvalue weighted by atomic mass is 10.2. The molecule has 0 aliphatic carbocycles. The molecule has 1 N–H and O–H groups in total. The maximum Gasteiger partial charge on any atom is 0.102 e. The number of hydrogen-bond donors (Lipinski definition) is 1. The van der Waals surface area contributed by atoms with Crippen LogP contribution in [0.2, 0.25) is 0 Å². The summed E-state index contributed by atoms with van der Waals surface area (Å²) in [6, 6.07) is 10.3. The lowest BCUT2D eigenvalue weighted by Gasteiger charge is -1.82. The molecule has 0 aliphatic rings. The van der Waals surface area contributed by atoms with Gasteiger partial charge in [-0.15, -0.1) is 0 Å². The Balaban J connectivity index is 0. The first-order valence-corrected chi connectivity index (χ1v) is 6.26. The minimum Gasteiger partial charge on any atom is -0.349 e. The van der Waals surface area contributed by atoms with Gasteiger partial charge in [-0.25, -0.2) is 4.98 Å². The molecule has 0 aliphatic heterocycles. The van der Waals surface area contributed by atoms with Gasteiger partial charge in [-0.05, 0) is 13.8 Å². The fourth-order valence-corrected chi connectivity index (χ4v) is 0.879. The molecule has 0 bridgehead atoms. The average Bonchev–Trinajstić information content (AvgIpc) is 2.87. The monoisotopic (exact) mass is 234 g/mol. The van der Waals surface area contributed by atoms with E-state index in [4.69, 9.17) is 0 Å². The summed E-state index contributed by atoms with van der Waals surface area (Å²) in [4.78, 5) is 6.75. The fraction of sp³-hybridized carbons (Fsp3) is 0.400. The summed E-state index contributed by atoms with van der Waals surface area (Å²) < 4.78 is 0. The molecule has 17 heavy (non-hydrogen) atoms. The van der Waals surface area contributed by atoms with E-state index < -0.39 is 0 Å². The number of nitrogens with zero attached hydrogens (tertiary/aromatic N) is 1. The van der Waals surface area contributed by atoms with E-state index in [0.29, 0.717) is 0 Å². The first kappa shape index (κ1) is 17.8. The van der Waals surface area contributed by atoms with Crippen LogP contribution in [0.3, 0.4) is 0 Å². The number of nitrogens with one attached hydrogen (secondary N) is 1. The van der Waals surface area contributed by atoms with Crippen LogP contribution in [0.25, 0.3) is 0 Å². The van der Waals surface area contributed by atoms with Crippen LogP contribution in [0.4, 0.5) is 0 Å². The molecule has 0 unspecified atom stereocenters. The second kappa shape index (κ2) is 14.4. The van der Waals surface area contributed by atoms with Crippen molar-refractivity contribution >= 4 is 0 Å². The number of hydrogen-bond acceptors (Lipinski definition) is 1. The van der Waals surface area contributed by atoms with E-state index in [2.05, 4.69) is 29.0 Å². The maximum absolute atomic E-state index is 3.86. The largest absolute Gasteiger partial charge is 0.349 e. The van der Waals surface area contributed by atoms with Crippen LogP contribution in [0, 0.1) is 13.8 Å². The number of aromatic amines is 1. The second-order valence-corrected chi connectivity index (χ2v) is 2.83. The smallest absolute Gasteiger partial charge is 0.102 e. The Morgan fingerprint density at radius 3 is 1.59 bits per heavy atom. The van der Waals surface area contributed by atoms with Gasteiger partial charge >= 0.3 is 0 Å². The summed E-state index contributed by atoms with van der Waals surface area (Å²) in [5, 5.41) is 0. The summed E-state index contributed by atoms with van der Waals surface area (Å²) in [7, 11) is 0. The SMILES string of the molecule is CC.CC.Cc1ccccc1.Cc1ncc[nH]1. The molecular weight excluding hydrogens is 208 g/mol. The summed E-state index contributed by atoms with van der Waals surface area (Å²) in [6.45, 7) is 12.0. The number of aromatic nitrogens is 2. The van der Waals surface area contributed by atoms with Crippen molar-refractivity contribution in [1.29, 1.82) is 0 Å². The van der Waals surface area contributed by atoms with Gasteiger partial charge in [0.15, 0.2) is 0 Å². The quantitative estimate of drug-likeness (QED) is 0.699. The molecule has 0 saturated carbocycles. The van der Waals surface area contributed by atoms with Crippen LogP contribution in [0.1, 0.15) is 39.1 Å². The first-order chi connectivity index (χ1) is 8.29. The molecule has 0 saturated heterocycles. The molecule has 1 aromatic carbocycles. The van der Waals surface area contributed by atoms with Gasteiger partial charge < -0.3 is 4.98 Å². The highest BCUT2D eigenvalue weighted by molar-refractivity contribution is 5.11. The Hall–Kier alpha value is -1.57. The van der Waals surface area contributed by atoms with Crippen LogP contribution in [-0.2, 0) is 0 Å². The van der Waals surface area contributed by atoms with Gasteiger partial charge in [0.05, 0.1) is 0 Å². The number of benzene rings is 1. The van der Waals surface area contributed by atoms with Crippen LogP contribution in [0.5, 0.6) is 0 Å². The molecule has 1 heterocycles. The highest BCUT2D eigenvalue weighted by Gasteiger charge is 1.73. The highest BCUT2D eigenvalue weighted by atomic mass is 14.9. The summed E-state index contributed by atoms with van der Waals surface area (Å²) in [5.41, 5.74) is 1.32. The van der Waals surface area contributed by atoms with Gasteiger partial charge in [-0.2, -0.15) is 0 Å². The molecule has 96 valence electrons. The van der Waals surface area contributed by atoms with Crippen molar-refractivity contribution < 1.29 is 0 Å². The zero-order valence-corrected chi connectivity index (χ0v) is 12.0. The van der Waals surface area contributed by atoms with Crippen molar-refractivity contribution in [1.82, 2.24) is 9.97 Å². The van der Waals surface area contributed by atoms with Crippen LogP contribution >= 0.6 is 0 Å². The van der Waals surface area contributed by atoms with E-state index in [1.165, 1.54) is 5.56 Å². The predicted octanol–water partition coefficient (Wildman–Crippen LogP) is 4.77. The van der Waals surface area contributed by atoms with Gasteiger partial charge in [0.2, 0.25) is 0 Å². The average molecular weight is 234 g/mol. The van der Waals surface area contributed by atoms with Crippen molar-refractivity contribution in [3.05, 3.63) is 54.1 Å². The summed E-state index contributed by atoms with van der Waals surface area (Å²) in [6.07, 6.45) is 3.53. The van der Waals surface area contributed by atoms with Crippen molar-refractivity contribution in [3.8, 4) is 0 Å². The molecule has 2 heteroatoms. The third-order valence-electron chi connectivity index (χ3n) is 1.58. The van der Waals surface area contributed by atoms with E-state index in [-0.39, 0.29) is 0 Å². The van der Waals surface area contributed by atoms with E-state index in [1.54, 1.807) is 12.4 Å². The van der Waals surface area contributed by atoms with Crippen molar-refractivity contribution in [3.63, 3.8) is 0 Å². The highest BCUT2D eigenvalue weighted by Crippen LogP contribution is 1.92. The molecule has 1 aromatic heterocycles.